The zero-order valence-corrected chi connectivity index (χ0v) is 4.46. The molecule has 0 radical (unpaired) electrons. The van der Waals surface area contributed by atoms with Gasteiger partial charge in [-0.05, 0) is 6.42 Å². The summed E-state index contributed by atoms with van der Waals surface area (Å²) in [4.78, 5) is 19.3. The zero-order valence-electron chi connectivity index (χ0n) is 4.46. The number of nitroso groups, excluding NO2 is 1. The minimum Gasteiger partial charge on any atom is -0.370 e. The van der Waals surface area contributed by atoms with Gasteiger partial charge in [0.1, 0.15) is 0 Å². The molecule has 0 saturated heterocycles. The lowest BCUT2D eigenvalue weighted by atomic mass is 10.3. The molecule has 0 saturated carbocycles. The molecule has 0 atom stereocenters. The minimum atomic E-state index is -0.381. The van der Waals surface area contributed by atoms with Gasteiger partial charge in [-0.3, -0.25) is 4.79 Å². The number of carbonyl (C=O) groups excluding carboxylic acids is 1. The van der Waals surface area contributed by atoms with Crippen LogP contribution in [0.4, 0.5) is 0 Å². The van der Waals surface area contributed by atoms with E-state index in [9.17, 15) is 9.70 Å². The molecule has 0 aliphatic rings. The van der Waals surface area contributed by atoms with Gasteiger partial charge in [0, 0.05) is 6.42 Å². The summed E-state index contributed by atoms with van der Waals surface area (Å²) in [7, 11) is 0. The van der Waals surface area contributed by atoms with E-state index in [-0.39, 0.29) is 18.9 Å². The predicted molar refractivity (Wildman–Crippen MR) is 29.1 cm³/mol. The van der Waals surface area contributed by atoms with E-state index >= 15 is 0 Å². The number of hydrogen-bond acceptors (Lipinski definition) is 3. The normalized spacial score (nSPS) is 8.50. The molecule has 46 valence electrons. The Labute approximate surface area is 47.0 Å². The summed E-state index contributed by atoms with van der Waals surface area (Å²) in [5.74, 6) is -0.381. The highest BCUT2D eigenvalue weighted by atomic mass is 16.3. The van der Waals surface area contributed by atoms with Crippen molar-refractivity contribution in [3.8, 4) is 0 Å². The number of carbonyl (C=O) groups is 1. The molecule has 0 heterocycles. The summed E-state index contributed by atoms with van der Waals surface area (Å²) in [6, 6.07) is 0. The lowest BCUT2D eigenvalue weighted by Crippen LogP contribution is -2.09. The monoisotopic (exact) mass is 116 g/mol. The van der Waals surface area contributed by atoms with Crippen molar-refractivity contribution in [2.75, 3.05) is 6.54 Å². The van der Waals surface area contributed by atoms with E-state index in [0.717, 1.165) is 0 Å². The molecular formula is C4H8N2O2. The second-order valence-electron chi connectivity index (χ2n) is 1.42. The van der Waals surface area contributed by atoms with Gasteiger partial charge in [0.25, 0.3) is 0 Å². The Morgan fingerprint density at radius 2 is 2.25 bits per heavy atom. The highest BCUT2D eigenvalue weighted by molar-refractivity contribution is 5.73. The SMILES string of the molecule is NC(=O)CCCN=O. The van der Waals surface area contributed by atoms with Crippen LogP contribution in [0, 0.1) is 4.91 Å². The van der Waals surface area contributed by atoms with Crippen molar-refractivity contribution in [3.63, 3.8) is 0 Å². The number of primary amides is 1. The third-order valence-electron chi connectivity index (χ3n) is 0.673. The second kappa shape index (κ2) is 4.23. The summed E-state index contributed by atoms with van der Waals surface area (Å²) in [6.45, 7) is 0.183. The molecule has 0 fully saturated rings. The first kappa shape index (κ1) is 7.07. The Kier molecular flexibility index (Phi) is 3.74. The predicted octanol–water partition coefficient (Wildman–Crippen LogP) is 0.0183. The Bertz CT molecular complexity index is 92.0. The summed E-state index contributed by atoms with van der Waals surface area (Å²) < 4.78 is 0. The van der Waals surface area contributed by atoms with Crippen LogP contribution in [0.2, 0.25) is 0 Å². The van der Waals surface area contributed by atoms with Crippen LogP contribution in [0.3, 0.4) is 0 Å². The lowest BCUT2D eigenvalue weighted by Gasteiger charge is -1.85. The van der Waals surface area contributed by atoms with Crippen LogP contribution in [-0.4, -0.2) is 12.5 Å². The van der Waals surface area contributed by atoms with Crippen molar-refractivity contribution in [1.82, 2.24) is 0 Å². The molecule has 4 nitrogen and oxygen atoms in total. The lowest BCUT2D eigenvalue weighted by molar-refractivity contribution is -0.118. The highest BCUT2D eigenvalue weighted by Gasteiger charge is 1.91. The molecule has 4 heteroatoms. The maximum atomic E-state index is 9.95. The van der Waals surface area contributed by atoms with Crippen LogP contribution in [-0.2, 0) is 4.79 Å². The largest absolute Gasteiger partial charge is 0.370 e. The summed E-state index contributed by atoms with van der Waals surface area (Å²) in [5.41, 5.74) is 4.75. The Morgan fingerprint density at radius 1 is 1.62 bits per heavy atom. The van der Waals surface area contributed by atoms with Crippen molar-refractivity contribution in [3.05, 3.63) is 4.91 Å². The average Bonchev–Trinajstić information content (AvgIpc) is 1.66. The maximum absolute atomic E-state index is 9.95. The van der Waals surface area contributed by atoms with Gasteiger partial charge in [0.15, 0.2) is 0 Å². The van der Waals surface area contributed by atoms with Crippen molar-refractivity contribution in [1.29, 1.82) is 0 Å². The first-order chi connectivity index (χ1) is 3.77. The fraction of sp³-hybridized carbons (Fsp3) is 0.750. The Hall–Kier alpha value is -0.930. The van der Waals surface area contributed by atoms with E-state index in [1.54, 1.807) is 0 Å². The van der Waals surface area contributed by atoms with Gasteiger partial charge in [0.2, 0.25) is 5.91 Å². The Balaban J connectivity index is 2.93. The molecule has 8 heavy (non-hydrogen) atoms. The van der Waals surface area contributed by atoms with E-state index in [1.807, 2.05) is 0 Å². The van der Waals surface area contributed by atoms with Crippen LogP contribution in [0.25, 0.3) is 0 Å². The van der Waals surface area contributed by atoms with E-state index in [4.69, 9.17) is 5.73 Å². The molecule has 0 aromatic carbocycles. The van der Waals surface area contributed by atoms with E-state index in [1.165, 1.54) is 0 Å². The van der Waals surface area contributed by atoms with Crippen molar-refractivity contribution < 1.29 is 4.79 Å². The average molecular weight is 116 g/mol. The first-order valence-electron chi connectivity index (χ1n) is 2.35. The van der Waals surface area contributed by atoms with Crippen LogP contribution in [0.1, 0.15) is 12.8 Å². The number of nitrogens with two attached hydrogens (primary N) is 1. The fourth-order valence-corrected chi connectivity index (χ4v) is 0.318. The third-order valence-corrected chi connectivity index (χ3v) is 0.673. The topological polar surface area (TPSA) is 72.5 Å². The molecular weight excluding hydrogens is 108 g/mol. The molecule has 0 unspecified atom stereocenters. The number of hydrogen-bond donors (Lipinski definition) is 1. The van der Waals surface area contributed by atoms with Crippen molar-refractivity contribution in [2.24, 2.45) is 10.9 Å². The molecule has 0 bridgehead atoms. The van der Waals surface area contributed by atoms with Crippen LogP contribution in [0.5, 0.6) is 0 Å². The molecule has 0 rings (SSSR count). The quantitative estimate of drug-likeness (QED) is 0.415. The number of amides is 1. The smallest absolute Gasteiger partial charge is 0.217 e. The number of nitrogens with zero attached hydrogens (tertiary/aromatic N) is 1. The molecule has 1 amide bonds. The molecule has 0 aliphatic heterocycles. The maximum Gasteiger partial charge on any atom is 0.217 e. The van der Waals surface area contributed by atoms with Crippen LogP contribution >= 0.6 is 0 Å². The van der Waals surface area contributed by atoms with E-state index in [2.05, 4.69) is 5.18 Å². The second-order valence-corrected chi connectivity index (χ2v) is 1.42. The van der Waals surface area contributed by atoms with Gasteiger partial charge in [-0.25, -0.2) is 0 Å². The van der Waals surface area contributed by atoms with E-state index in [0.29, 0.717) is 6.42 Å². The van der Waals surface area contributed by atoms with Crippen LogP contribution < -0.4 is 5.73 Å². The molecule has 2 N–H and O–H groups in total. The minimum absolute atomic E-state index is 0.183. The summed E-state index contributed by atoms with van der Waals surface area (Å²) >= 11 is 0. The van der Waals surface area contributed by atoms with Gasteiger partial charge in [-0.15, -0.1) is 0 Å². The summed E-state index contributed by atoms with van der Waals surface area (Å²) in [6.07, 6.45) is 0.727. The zero-order chi connectivity index (χ0) is 6.41. The van der Waals surface area contributed by atoms with Gasteiger partial charge < -0.3 is 5.73 Å². The molecule has 0 aromatic heterocycles. The van der Waals surface area contributed by atoms with Gasteiger partial charge in [-0.1, -0.05) is 5.18 Å². The van der Waals surface area contributed by atoms with E-state index < -0.39 is 0 Å². The summed E-state index contributed by atoms with van der Waals surface area (Å²) in [5, 5.41) is 2.55. The first-order valence-corrected chi connectivity index (χ1v) is 2.35. The van der Waals surface area contributed by atoms with Crippen LogP contribution in [0.15, 0.2) is 5.18 Å². The van der Waals surface area contributed by atoms with Gasteiger partial charge >= 0.3 is 0 Å². The molecule has 0 aliphatic carbocycles. The van der Waals surface area contributed by atoms with Crippen molar-refractivity contribution in [2.45, 2.75) is 12.8 Å². The third kappa shape index (κ3) is 5.07. The molecule has 0 aromatic rings. The molecule has 0 spiro atoms. The highest BCUT2D eigenvalue weighted by Crippen LogP contribution is 1.85. The fourth-order valence-electron chi connectivity index (χ4n) is 0.318. The van der Waals surface area contributed by atoms with Crippen molar-refractivity contribution >= 4 is 5.91 Å². The standard InChI is InChI=1S/C4H8N2O2/c5-4(7)2-1-3-6-8/h1-3H2,(H2,5,7). The Morgan fingerprint density at radius 3 is 2.62 bits per heavy atom. The van der Waals surface area contributed by atoms with Gasteiger partial charge in [-0.2, -0.15) is 4.91 Å². The number of rotatable bonds is 4. The van der Waals surface area contributed by atoms with Gasteiger partial charge in [0.05, 0.1) is 6.54 Å².